The lowest BCUT2D eigenvalue weighted by atomic mass is 10.2. The van der Waals surface area contributed by atoms with Crippen LogP contribution >= 0.6 is 22.9 Å². The van der Waals surface area contributed by atoms with Crippen molar-refractivity contribution in [1.82, 2.24) is 9.47 Å². The molecule has 5 nitrogen and oxygen atoms in total. The molecule has 0 spiro atoms. The third-order valence-corrected chi connectivity index (χ3v) is 6.32. The fraction of sp³-hybridized carbons (Fsp3) is 0.174. The lowest BCUT2D eigenvalue weighted by Crippen LogP contribution is -2.35. The van der Waals surface area contributed by atoms with Crippen LogP contribution < -0.4 is 14.8 Å². The van der Waals surface area contributed by atoms with Gasteiger partial charge in [0.1, 0.15) is 16.5 Å². The summed E-state index contributed by atoms with van der Waals surface area (Å²) in [5.74, 6) is -0.844. The summed E-state index contributed by atoms with van der Waals surface area (Å²) in [5, 5.41) is 10.3. The average molecular weight is 454 g/mol. The molecule has 2 aromatic carbocycles. The van der Waals surface area contributed by atoms with Crippen LogP contribution in [0.3, 0.4) is 0 Å². The molecule has 0 radical (unpaired) electrons. The first-order valence-corrected chi connectivity index (χ1v) is 10.9. The van der Waals surface area contributed by atoms with Gasteiger partial charge in [0.15, 0.2) is 5.57 Å². The predicted molar refractivity (Wildman–Crippen MR) is 119 cm³/mol. The number of carbonyl (C=O) groups excluding carboxylic acids is 1. The van der Waals surface area contributed by atoms with E-state index in [1.807, 2.05) is 6.07 Å². The second-order valence-electron chi connectivity index (χ2n) is 7.07. The maximum atomic E-state index is 13.5. The van der Waals surface area contributed by atoms with Gasteiger partial charge in [-0.3, -0.25) is 14.2 Å². The van der Waals surface area contributed by atoms with Crippen molar-refractivity contribution >= 4 is 40.5 Å². The number of hydrogen-bond donors (Lipinski definition) is 0. The van der Waals surface area contributed by atoms with Crippen LogP contribution in [0.1, 0.15) is 18.4 Å². The number of rotatable bonds is 3. The maximum Gasteiger partial charge on any atom is 0.273 e. The minimum Gasteiger partial charge on any atom is -0.338 e. The van der Waals surface area contributed by atoms with Crippen LogP contribution in [0.25, 0.3) is 17.3 Å². The average Bonchev–Trinajstić information content (AvgIpc) is 3.39. The highest BCUT2D eigenvalue weighted by Crippen LogP contribution is 2.13. The summed E-state index contributed by atoms with van der Waals surface area (Å²) in [6.45, 7) is 1.16. The van der Waals surface area contributed by atoms with E-state index >= 15 is 0 Å². The van der Waals surface area contributed by atoms with Crippen LogP contribution in [0.4, 0.5) is 4.39 Å². The number of aromatic nitrogens is 1. The number of nitrogens with zero attached hydrogens (tertiary/aromatic N) is 3. The zero-order valence-corrected chi connectivity index (χ0v) is 17.9. The Hall–Kier alpha value is -3.21. The lowest BCUT2D eigenvalue weighted by molar-refractivity contribution is -0.123. The summed E-state index contributed by atoms with van der Waals surface area (Å²) in [6, 6.07) is 14.4. The summed E-state index contributed by atoms with van der Waals surface area (Å²) in [4.78, 5) is 27.9. The molecule has 156 valence electrons. The van der Waals surface area contributed by atoms with Crippen LogP contribution in [-0.2, 0) is 4.79 Å². The first kappa shape index (κ1) is 21.0. The minimum atomic E-state index is -0.447. The number of nitriles is 1. The number of carbonyl (C=O) groups is 1. The van der Waals surface area contributed by atoms with E-state index in [1.165, 1.54) is 28.8 Å². The second-order valence-corrected chi connectivity index (χ2v) is 8.54. The van der Waals surface area contributed by atoms with Gasteiger partial charge in [-0.15, -0.1) is 11.3 Å². The lowest BCUT2D eigenvalue weighted by Gasteiger charge is -2.14. The molecule has 0 unspecified atom stereocenters. The Morgan fingerprint density at radius 1 is 1.16 bits per heavy atom. The molecule has 1 fully saturated rings. The summed E-state index contributed by atoms with van der Waals surface area (Å²) < 4.78 is 15.3. The van der Waals surface area contributed by atoms with E-state index in [0.717, 1.165) is 24.2 Å². The van der Waals surface area contributed by atoms with E-state index in [0.29, 0.717) is 33.9 Å². The van der Waals surface area contributed by atoms with Gasteiger partial charge in [0, 0.05) is 18.1 Å². The van der Waals surface area contributed by atoms with Crippen molar-refractivity contribution in [3.05, 3.63) is 84.5 Å². The monoisotopic (exact) mass is 453 g/mol. The third kappa shape index (κ3) is 4.31. The number of hydrogen-bond acceptors (Lipinski definition) is 4. The summed E-state index contributed by atoms with van der Waals surface area (Å²) >= 11 is 7.11. The van der Waals surface area contributed by atoms with Crippen LogP contribution in [0.5, 0.6) is 0 Å². The third-order valence-electron chi connectivity index (χ3n) is 4.99. The quantitative estimate of drug-likeness (QED) is 0.612. The minimum absolute atomic E-state index is 0.0981. The molecule has 2 heterocycles. The zero-order valence-electron chi connectivity index (χ0n) is 16.3. The van der Waals surface area contributed by atoms with Crippen LogP contribution in [0, 0.1) is 17.1 Å². The van der Waals surface area contributed by atoms with Crippen molar-refractivity contribution in [3.8, 4) is 11.8 Å². The molecular formula is C23H17ClFN3O2S. The maximum absolute atomic E-state index is 13.5. The molecule has 31 heavy (non-hydrogen) atoms. The van der Waals surface area contributed by atoms with Crippen LogP contribution in [-0.4, -0.2) is 28.5 Å². The van der Waals surface area contributed by atoms with Gasteiger partial charge in [-0.1, -0.05) is 23.7 Å². The van der Waals surface area contributed by atoms with E-state index in [-0.39, 0.29) is 10.2 Å². The zero-order chi connectivity index (χ0) is 22.0. The van der Waals surface area contributed by atoms with Crippen LogP contribution in [0.15, 0.2) is 53.3 Å². The Morgan fingerprint density at radius 3 is 2.52 bits per heavy atom. The summed E-state index contributed by atoms with van der Waals surface area (Å²) in [7, 11) is 0. The van der Waals surface area contributed by atoms with Crippen LogP contribution in [0.2, 0.25) is 5.02 Å². The molecule has 0 aliphatic carbocycles. The summed E-state index contributed by atoms with van der Waals surface area (Å²) in [5.41, 5.74) is 0.603. The first-order chi connectivity index (χ1) is 15.0. The SMILES string of the molecule is N#C/C(C(=O)N1CCCC1)=c1/s/c(=C/c2cccc(Cl)c2)c(=O)n1-c1ccc(F)cc1. The Bertz CT molecular complexity index is 1360. The van der Waals surface area contributed by atoms with E-state index in [1.54, 1.807) is 35.2 Å². The van der Waals surface area contributed by atoms with Gasteiger partial charge < -0.3 is 4.90 Å². The number of thiazole rings is 1. The molecule has 0 atom stereocenters. The van der Waals surface area contributed by atoms with Crippen molar-refractivity contribution in [2.45, 2.75) is 12.8 Å². The standard InChI is InChI=1S/C23H17ClFN3O2S/c24-16-5-3-4-15(12-16)13-20-22(30)28(18-8-6-17(25)7-9-18)23(31-20)19(14-26)21(29)27-10-1-2-11-27/h3-9,12-13H,1-2,10-11H2/b20-13+,23-19-. The van der Waals surface area contributed by atoms with Gasteiger partial charge in [0.2, 0.25) is 0 Å². The van der Waals surface area contributed by atoms with Crippen molar-refractivity contribution in [1.29, 1.82) is 5.26 Å². The van der Waals surface area contributed by atoms with E-state index < -0.39 is 17.3 Å². The van der Waals surface area contributed by atoms with Gasteiger partial charge in [0.25, 0.3) is 11.5 Å². The summed E-state index contributed by atoms with van der Waals surface area (Å²) in [6.07, 6.45) is 3.43. The van der Waals surface area contributed by atoms with E-state index in [9.17, 15) is 19.2 Å². The highest BCUT2D eigenvalue weighted by Gasteiger charge is 2.24. The fourth-order valence-corrected chi connectivity index (χ4v) is 4.78. The van der Waals surface area contributed by atoms with Gasteiger partial charge in [-0.2, -0.15) is 5.26 Å². The fourth-order valence-electron chi connectivity index (χ4n) is 3.49. The second kappa shape index (κ2) is 8.88. The Balaban J connectivity index is 2.01. The molecule has 0 bridgehead atoms. The topological polar surface area (TPSA) is 66.1 Å². The van der Waals surface area contributed by atoms with Gasteiger partial charge in [-0.05, 0) is 60.9 Å². The molecule has 1 aromatic heterocycles. The number of amides is 1. The molecular weight excluding hydrogens is 437 g/mol. The largest absolute Gasteiger partial charge is 0.338 e. The highest BCUT2D eigenvalue weighted by molar-refractivity contribution is 7.07. The van der Waals surface area contributed by atoms with Crippen molar-refractivity contribution in [2.75, 3.05) is 13.1 Å². The molecule has 4 rings (SSSR count). The molecule has 1 saturated heterocycles. The Labute approximate surface area is 186 Å². The molecule has 1 amide bonds. The molecule has 1 aliphatic heterocycles. The number of benzene rings is 2. The molecule has 0 N–H and O–H groups in total. The molecule has 0 saturated carbocycles. The molecule has 8 heteroatoms. The van der Waals surface area contributed by atoms with Crippen molar-refractivity contribution < 1.29 is 9.18 Å². The van der Waals surface area contributed by atoms with Gasteiger partial charge >= 0.3 is 0 Å². The van der Waals surface area contributed by atoms with Gasteiger partial charge in [-0.25, -0.2) is 4.39 Å². The predicted octanol–water partition coefficient (Wildman–Crippen LogP) is 2.82. The Morgan fingerprint density at radius 2 is 1.87 bits per heavy atom. The normalized spacial score (nSPS) is 15.1. The first-order valence-electron chi connectivity index (χ1n) is 9.67. The van der Waals surface area contributed by atoms with E-state index in [4.69, 9.17) is 11.6 Å². The van der Waals surface area contributed by atoms with E-state index in [2.05, 4.69) is 0 Å². The van der Waals surface area contributed by atoms with Gasteiger partial charge in [0.05, 0.1) is 10.2 Å². The Kier molecular flexibility index (Phi) is 6.03. The van der Waals surface area contributed by atoms with Crippen molar-refractivity contribution in [2.24, 2.45) is 0 Å². The van der Waals surface area contributed by atoms with Crippen molar-refractivity contribution in [3.63, 3.8) is 0 Å². The molecule has 3 aromatic rings. The highest BCUT2D eigenvalue weighted by atomic mass is 35.5. The molecule has 1 aliphatic rings. The number of likely N-dealkylation sites (tertiary alicyclic amines) is 1. The number of halogens is 2. The smallest absolute Gasteiger partial charge is 0.273 e.